The lowest BCUT2D eigenvalue weighted by Crippen LogP contribution is -2.38. The van der Waals surface area contributed by atoms with E-state index < -0.39 is 22.9 Å². The lowest BCUT2D eigenvalue weighted by molar-refractivity contribution is -0.125. The standard InChI is InChI=1S/C21H18ClFN2O4S/c1-13-10-15(6-7-16(13)22)29-12-19(26)24-8-9-25-20(27)18(30-21(25)28)11-14-4-2-3-5-17(14)23/h2-7,10-11H,8-9,12H2,1H3,(H,24,26)/b18-11-. The van der Waals surface area contributed by atoms with E-state index in [9.17, 15) is 18.8 Å². The molecule has 0 unspecified atom stereocenters. The Morgan fingerprint density at radius 1 is 1.27 bits per heavy atom. The summed E-state index contributed by atoms with van der Waals surface area (Å²) in [7, 11) is 0. The first-order chi connectivity index (χ1) is 14.3. The van der Waals surface area contributed by atoms with E-state index in [2.05, 4.69) is 5.32 Å². The maximum atomic E-state index is 13.8. The van der Waals surface area contributed by atoms with Crippen LogP contribution >= 0.6 is 23.4 Å². The van der Waals surface area contributed by atoms with Gasteiger partial charge in [0.05, 0.1) is 4.91 Å². The zero-order valence-corrected chi connectivity index (χ0v) is 17.6. The van der Waals surface area contributed by atoms with Gasteiger partial charge in [0.1, 0.15) is 11.6 Å². The Bertz CT molecular complexity index is 1030. The van der Waals surface area contributed by atoms with Gasteiger partial charge in [-0.2, -0.15) is 0 Å². The van der Waals surface area contributed by atoms with E-state index in [0.29, 0.717) is 10.8 Å². The third-order valence-electron chi connectivity index (χ3n) is 4.22. The first-order valence-corrected chi connectivity index (χ1v) is 10.2. The number of amides is 3. The summed E-state index contributed by atoms with van der Waals surface area (Å²) in [6.07, 6.45) is 1.35. The van der Waals surface area contributed by atoms with E-state index in [1.54, 1.807) is 30.3 Å². The van der Waals surface area contributed by atoms with Gasteiger partial charge in [0.2, 0.25) is 0 Å². The molecule has 0 aliphatic carbocycles. The van der Waals surface area contributed by atoms with Crippen LogP contribution in [0.2, 0.25) is 5.02 Å². The highest BCUT2D eigenvalue weighted by Crippen LogP contribution is 2.32. The number of imide groups is 1. The summed E-state index contributed by atoms with van der Waals surface area (Å²) in [5.74, 6) is -0.879. The van der Waals surface area contributed by atoms with Crippen LogP contribution in [0.3, 0.4) is 0 Å². The summed E-state index contributed by atoms with van der Waals surface area (Å²) in [4.78, 5) is 37.6. The number of nitrogens with one attached hydrogen (secondary N) is 1. The van der Waals surface area contributed by atoms with Crippen molar-refractivity contribution in [2.75, 3.05) is 19.7 Å². The van der Waals surface area contributed by atoms with Crippen LogP contribution in [-0.4, -0.2) is 41.6 Å². The Labute approximate surface area is 182 Å². The lowest BCUT2D eigenvalue weighted by atomic mass is 10.2. The van der Waals surface area contributed by atoms with Crippen LogP contribution in [-0.2, 0) is 9.59 Å². The molecule has 1 saturated heterocycles. The Morgan fingerprint density at radius 3 is 2.77 bits per heavy atom. The van der Waals surface area contributed by atoms with Crippen LogP contribution in [0.25, 0.3) is 6.08 Å². The van der Waals surface area contributed by atoms with E-state index in [1.165, 1.54) is 18.2 Å². The highest BCUT2D eigenvalue weighted by atomic mass is 35.5. The number of nitrogens with zero attached hydrogens (tertiary/aromatic N) is 1. The number of hydrogen-bond donors (Lipinski definition) is 1. The summed E-state index contributed by atoms with van der Waals surface area (Å²) in [5.41, 5.74) is 1.06. The number of carbonyl (C=O) groups is 3. The average Bonchev–Trinajstić information content (AvgIpc) is 2.98. The molecule has 2 aromatic carbocycles. The predicted octanol–water partition coefficient (Wildman–Crippen LogP) is 4.02. The SMILES string of the molecule is Cc1cc(OCC(=O)NCCN2C(=O)S/C(=C\c3ccccc3F)C2=O)ccc1Cl. The summed E-state index contributed by atoms with van der Waals surface area (Å²) < 4.78 is 19.2. The highest BCUT2D eigenvalue weighted by molar-refractivity contribution is 8.18. The van der Waals surface area contributed by atoms with E-state index in [-0.39, 0.29) is 30.2 Å². The molecule has 0 bridgehead atoms. The van der Waals surface area contributed by atoms with Crippen molar-refractivity contribution in [3.05, 3.63) is 69.3 Å². The monoisotopic (exact) mass is 448 g/mol. The molecule has 0 saturated carbocycles. The number of benzene rings is 2. The predicted molar refractivity (Wildman–Crippen MR) is 114 cm³/mol. The smallest absolute Gasteiger partial charge is 0.293 e. The molecule has 1 aliphatic heterocycles. The maximum Gasteiger partial charge on any atom is 0.293 e. The molecule has 1 fully saturated rings. The van der Waals surface area contributed by atoms with Crippen molar-refractivity contribution in [1.82, 2.24) is 10.2 Å². The zero-order chi connectivity index (χ0) is 21.7. The van der Waals surface area contributed by atoms with Crippen LogP contribution in [0.1, 0.15) is 11.1 Å². The van der Waals surface area contributed by atoms with Crippen LogP contribution in [0.4, 0.5) is 9.18 Å². The number of rotatable bonds is 7. The third-order valence-corrected chi connectivity index (χ3v) is 5.55. The summed E-state index contributed by atoms with van der Waals surface area (Å²) in [5, 5.41) is 2.73. The quantitative estimate of drug-likeness (QED) is 0.647. The zero-order valence-electron chi connectivity index (χ0n) is 16.0. The molecule has 3 rings (SSSR count). The molecule has 0 aromatic heterocycles. The van der Waals surface area contributed by atoms with Crippen molar-refractivity contribution in [3.8, 4) is 5.75 Å². The van der Waals surface area contributed by atoms with Crippen molar-refractivity contribution in [2.45, 2.75) is 6.92 Å². The normalized spacial score (nSPS) is 15.0. The molecular weight excluding hydrogens is 431 g/mol. The molecule has 156 valence electrons. The summed E-state index contributed by atoms with van der Waals surface area (Å²) in [6.45, 7) is 1.69. The lowest BCUT2D eigenvalue weighted by Gasteiger charge is -2.13. The molecule has 3 amide bonds. The van der Waals surface area contributed by atoms with Crippen LogP contribution in [0.15, 0.2) is 47.4 Å². The Balaban J connectivity index is 1.49. The second kappa shape index (κ2) is 9.77. The van der Waals surface area contributed by atoms with E-state index in [4.69, 9.17) is 16.3 Å². The van der Waals surface area contributed by atoms with Gasteiger partial charge in [0.25, 0.3) is 17.1 Å². The molecule has 1 heterocycles. The Hall–Kier alpha value is -2.84. The molecule has 0 spiro atoms. The van der Waals surface area contributed by atoms with Crippen molar-refractivity contribution in [3.63, 3.8) is 0 Å². The summed E-state index contributed by atoms with van der Waals surface area (Å²) >= 11 is 6.68. The Kier molecular flexibility index (Phi) is 7.12. The maximum absolute atomic E-state index is 13.8. The minimum absolute atomic E-state index is 0.00503. The number of thioether (sulfide) groups is 1. The molecule has 2 aromatic rings. The fraction of sp³-hybridized carbons (Fsp3) is 0.190. The number of ether oxygens (including phenoxy) is 1. The Morgan fingerprint density at radius 2 is 2.03 bits per heavy atom. The molecule has 1 N–H and O–H groups in total. The number of carbonyl (C=O) groups excluding carboxylic acids is 3. The van der Waals surface area contributed by atoms with Crippen molar-refractivity contribution in [1.29, 1.82) is 0 Å². The second-order valence-corrected chi connectivity index (χ2v) is 7.80. The molecule has 9 heteroatoms. The van der Waals surface area contributed by atoms with Gasteiger partial charge in [0, 0.05) is 23.7 Å². The van der Waals surface area contributed by atoms with Crippen LogP contribution in [0.5, 0.6) is 5.75 Å². The average molecular weight is 449 g/mol. The molecule has 0 radical (unpaired) electrons. The van der Waals surface area contributed by atoms with Crippen molar-refractivity contribution in [2.24, 2.45) is 0 Å². The first-order valence-electron chi connectivity index (χ1n) is 9.00. The number of halogens is 2. The highest BCUT2D eigenvalue weighted by Gasteiger charge is 2.34. The third kappa shape index (κ3) is 5.40. The first kappa shape index (κ1) is 21.9. The van der Waals surface area contributed by atoms with Crippen LogP contribution < -0.4 is 10.1 Å². The molecule has 30 heavy (non-hydrogen) atoms. The number of hydrogen-bond acceptors (Lipinski definition) is 5. The number of aryl methyl sites for hydroxylation is 1. The molecular formula is C21H18ClFN2O4S. The molecule has 0 atom stereocenters. The fourth-order valence-corrected chi connectivity index (χ4v) is 3.61. The second-order valence-electron chi connectivity index (χ2n) is 6.40. The topological polar surface area (TPSA) is 75.7 Å². The van der Waals surface area contributed by atoms with E-state index >= 15 is 0 Å². The minimum atomic E-state index is -0.518. The molecule has 1 aliphatic rings. The van der Waals surface area contributed by atoms with Crippen LogP contribution in [0, 0.1) is 12.7 Å². The van der Waals surface area contributed by atoms with Gasteiger partial charge >= 0.3 is 0 Å². The van der Waals surface area contributed by atoms with Gasteiger partial charge in [-0.1, -0.05) is 29.8 Å². The fourth-order valence-electron chi connectivity index (χ4n) is 2.64. The van der Waals surface area contributed by atoms with Gasteiger partial charge in [0.15, 0.2) is 6.61 Å². The largest absolute Gasteiger partial charge is 0.484 e. The van der Waals surface area contributed by atoms with Gasteiger partial charge in [-0.05, 0) is 54.6 Å². The van der Waals surface area contributed by atoms with E-state index in [0.717, 1.165) is 22.2 Å². The van der Waals surface area contributed by atoms with E-state index in [1.807, 2.05) is 6.92 Å². The van der Waals surface area contributed by atoms with Gasteiger partial charge in [-0.25, -0.2) is 4.39 Å². The minimum Gasteiger partial charge on any atom is -0.484 e. The van der Waals surface area contributed by atoms with Crippen molar-refractivity contribution < 1.29 is 23.5 Å². The van der Waals surface area contributed by atoms with Gasteiger partial charge in [-0.3, -0.25) is 19.3 Å². The molecule has 6 nitrogen and oxygen atoms in total. The van der Waals surface area contributed by atoms with Gasteiger partial charge < -0.3 is 10.1 Å². The van der Waals surface area contributed by atoms with Gasteiger partial charge in [-0.15, -0.1) is 0 Å². The summed E-state index contributed by atoms with van der Waals surface area (Å²) in [6, 6.07) is 11.0. The van der Waals surface area contributed by atoms with Crippen molar-refractivity contribution >= 4 is 46.5 Å².